The Kier molecular flexibility index (Phi) is 7.42. The van der Waals surface area contributed by atoms with Crippen molar-refractivity contribution in [1.82, 2.24) is 9.88 Å². The van der Waals surface area contributed by atoms with E-state index in [2.05, 4.69) is 10.3 Å². The number of nitrogens with one attached hydrogen (secondary N) is 1. The number of rotatable bonds is 7. The smallest absolute Gasteiger partial charge is 0.257 e. The second kappa shape index (κ2) is 9.55. The molecule has 0 fully saturated rings. The maximum atomic E-state index is 12.7. The van der Waals surface area contributed by atoms with Crippen LogP contribution in [0.3, 0.4) is 0 Å². The molecule has 2 rings (SSSR count). The van der Waals surface area contributed by atoms with Gasteiger partial charge in [-0.05, 0) is 37.1 Å². The first kappa shape index (κ1) is 20.2. The first-order valence-electron chi connectivity index (χ1n) is 8.47. The summed E-state index contributed by atoms with van der Waals surface area (Å²) in [5.41, 5.74) is 1.12. The van der Waals surface area contributed by atoms with E-state index in [0.29, 0.717) is 34.4 Å². The highest BCUT2D eigenvalue weighted by Crippen LogP contribution is 2.25. The molecule has 0 aliphatic carbocycles. The summed E-state index contributed by atoms with van der Waals surface area (Å²) in [6.07, 6.45) is 4.63. The van der Waals surface area contributed by atoms with Gasteiger partial charge in [0.05, 0.1) is 21.8 Å². The molecule has 2 aromatic rings. The van der Waals surface area contributed by atoms with Crippen molar-refractivity contribution in [2.24, 2.45) is 0 Å². The first-order valence-corrected chi connectivity index (χ1v) is 9.22. The van der Waals surface area contributed by atoms with Gasteiger partial charge in [-0.3, -0.25) is 14.6 Å². The Hall–Kier alpha value is -2.11. The molecular formula is C19H21Cl2N3O2. The number of hydrogen-bond acceptors (Lipinski definition) is 3. The lowest BCUT2D eigenvalue weighted by atomic mass is 10.1. The van der Waals surface area contributed by atoms with Crippen molar-refractivity contribution in [2.75, 3.05) is 18.4 Å². The standard InChI is InChI=1S/C19H21Cl2N3O2/c1-3-7-24(8-4-2)19(26)14-9-13(11-22-12-14)18(25)23-17-6-5-15(20)10-16(17)21/h5-6,9-12H,3-4,7-8H2,1-2H3,(H,23,25). The zero-order chi connectivity index (χ0) is 19.1. The fourth-order valence-corrected chi connectivity index (χ4v) is 2.96. The van der Waals surface area contributed by atoms with Crippen LogP contribution in [0.2, 0.25) is 10.0 Å². The predicted molar refractivity (Wildman–Crippen MR) is 105 cm³/mol. The number of carbonyl (C=O) groups excluding carboxylic acids is 2. The van der Waals surface area contributed by atoms with Crippen molar-refractivity contribution in [3.05, 3.63) is 57.8 Å². The van der Waals surface area contributed by atoms with Gasteiger partial charge in [0.15, 0.2) is 0 Å². The van der Waals surface area contributed by atoms with E-state index < -0.39 is 5.91 Å². The Bertz CT molecular complexity index is 790. The lowest BCUT2D eigenvalue weighted by molar-refractivity contribution is 0.0755. The van der Waals surface area contributed by atoms with Crippen LogP contribution in [-0.4, -0.2) is 34.8 Å². The SMILES string of the molecule is CCCN(CCC)C(=O)c1cncc(C(=O)Nc2ccc(Cl)cc2Cl)c1. The second-order valence-electron chi connectivity index (χ2n) is 5.83. The Labute approximate surface area is 163 Å². The number of pyridine rings is 1. The summed E-state index contributed by atoms with van der Waals surface area (Å²) in [6, 6.07) is 6.35. The van der Waals surface area contributed by atoms with Crippen LogP contribution < -0.4 is 5.32 Å². The quantitative estimate of drug-likeness (QED) is 0.726. The third-order valence-corrected chi connectivity index (χ3v) is 4.25. The minimum absolute atomic E-state index is 0.125. The highest BCUT2D eigenvalue weighted by atomic mass is 35.5. The molecule has 1 aromatic carbocycles. The number of anilines is 1. The molecule has 1 aromatic heterocycles. The minimum Gasteiger partial charge on any atom is -0.339 e. The summed E-state index contributed by atoms with van der Waals surface area (Å²) in [7, 11) is 0. The number of amides is 2. The van der Waals surface area contributed by atoms with E-state index in [1.165, 1.54) is 12.4 Å². The zero-order valence-corrected chi connectivity index (χ0v) is 16.3. The minimum atomic E-state index is -0.395. The largest absolute Gasteiger partial charge is 0.339 e. The molecule has 26 heavy (non-hydrogen) atoms. The molecule has 2 amide bonds. The van der Waals surface area contributed by atoms with Crippen molar-refractivity contribution in [3.8, 4) is 0 Å². The summed E-state index contributed by atoms with van der Waals surface area (Å²) in [6.45, 7) is 5.38. The van der Waals surface area contributed by atoms with Crippen LogP contribution in [0.4, 0.5) is 5.69 Å². The van der Waals surface area contributed by atoms with Crippen LogP contribution in [0.25, 0.3) is 0 Å². The molecule has 1 heterocycles. The second-order valence-corrected chi connectivity index (χ2v) is 6.68. The number of hydrogen-bond donors (Lipinski definition) is 1. The molecule has 0 bridgehead atoms. The molecule has 1 N–H and O–H groups in total. The average Bonchev–Trinajstić information content (AvgIpc) is 2.63. The van der Waals surface area contributed by atoms with E-state index in [1.807, 2.05) is 13.8 Å². The molecule has 0 unspecified atom stereocenters. The van der Waals surface area contributed by atoms with E-state index in [-0.39, 0.29) is 11.5 Å². The van der Waals surface area contributed by atoms with Gasteiger partial charge < -0.3 is 10.2 Å². The topological polar surface area (TPSA) is 62.3 Å². The zero-order valence-electron chi connectivity index (χ0n) is 14.8. The highest BCUT2D eigenvalue weighted by molar-refractivity contribution is 6.36. The molecule has 7 heteroatoms. The van der Waals surface area contributed by atoms with Gasteiger partial charge >= 0.3 is 0 Å². The predicted octanol–water partition coefficient (Wildman–Crippen LogP) is 4.90. The Morgan fingerprint density at radius 3 is 2.31 bits per heavy atom. The molecule has 0 aliphatic rings. The van der Waals surface area contributed by atoms with Gasteiger partial charge in [0.2, 0.25) is 0 Å². The lowest BCUT2D eigenvalue weighted by Crippen LogP contribution is -2.32. The van der Waals surface area contributed by atoms with Crippen LogP contribution in [0.15, 0.2) is 36.7 Å². The molecular weight excluding hydrogens is 373 g/mol. The summed E-state index contributed by atoms with van der Waals surface area (Å²) in [5.74, 6) is -0.519. The summed E-state index contributed by atoms with van der Waals surface area (Å²) in [4.78, 5) is 31.0. The van der Waals surface area contributed by atoms with Crippen molar-refractivity contribution in [1.29, 1.82) is 0 Å². The van der Waals surface area contributed by atoms with E-state index in [4.69, 9.17) is 23.2 Å². The van der Waals surface area contributed by atoms with Crippen LogP contribution >= 0.6 is 23.2 Å². The molecule has 0 atom stereocenters. The monoisotopic (exact) mass is 393 g/mol. The number of nitrogens with zero attached hydrogens (tertiary/aromatic N) is 2. The van der Waals surface area contributed by atoms with Crippen LogP contribution in [0, 0.1) is 0 Å². The van der Waals surface area contributed by atoms with Gasteiger partial charge in [0, 0.05) is 30.5 Å². The number of halogens is 2. The molecule has 0 saturated heterocycles. The fraction of sp³-hybridized carbons (Fsp3) is 0.316. The molecule has 0 saturated carbocycles. The number of benzene rings is 1. The van der Waals surface area contributed by atoms with Crippen LogP contribution in [0.5, 0.6) is 0 Å². The third-order valence-electron chi connectivity index (χ3n) is 3.70. The lowest BCUT2D eigenvalue weighted by Gasteiger charge is -2.21. The summed E-state index contributed by atoms with van der Waals surface area (Å²) < 4.78 is 0. The van der Waals surface area contributed by atoms with Crippen molar-refractivity contribution >= 4 is 40.7 Å². The number of aromatic nitrogens is 1. The summed E-state index contributed by atoms with van der Waals surface area (Å²) >= 11 is 11.9. The average molecular weight is 394 g/mol. The third kappa shape index (κ3) is 5.19. The Morgan fingerprint density at radius 2 is 1.69 bits per heavy atom. The molecule has 0 spiro atoms. The fourth-order valence-electron chi connectivity index (χ4n) is 2.50. The normalized spacial score (nSPS) is 10.5. The van der Waals surface area contributed by atoms with Crippen molar-refractivity contribution < 1.29 is 9.59 Å². The van der Waals surface area contributed by atoms with E-state index in [9.17, 15) is 9.59 Å². The highest BCUT2D eigenvalue weighted by Gasteiger charge is 2.17. The maximum absolute atomic E-state index is 12.7. The Morgan fingerprint density at radius 1 is 1.04 bits per heavy atom. The van der Waals surface area contributed by atoms with Gasteiger partial charge in [-0.15, -0.1) is 0 Å². The van der Waals surface area contributed by atoms with Gasteiger partial charge in [-0.25, -0.2) is 0 Å². The van der Waals surface area contributed by atoms with E-state index >= 15 is 0 Å². The van der Waals surface area contributed by atoms with E-state index in [1.54, 1.807) is 29.2 Å². The van der Waals surface area contributed by atoms with E-state index in [0.717, 1.165) is 12.8 Å². The molecule has 138 valence electrons. The molecule has 5 nitrogen and oxygen atoms in total. The van der Waals surface area contributed by atoms with Gasteiger partial charge in [0.1, 0.15) is 0 Å². The number of carbonyl (C=O) groups is 2. The summed E-state index contributed by atoms with van der Waals surface area (Å²) in [5, 5.41) is 3.52. The van der Waals surface area contributed by atoms with Crippen LogP contribution in [-0.2, 0) is 0 Å². The van der Waals surface area contributed by atoms with Gasteiger partial charge in [-0.2, -0.15) is 0 Å². The van der Waals surface area contributed by atoms with Gasteiger partial charge in [0.25, 0.3) is 11.8 Å². The first-order chi connectivity index (χ1) is 12.5. The van der Waals surface area contributed by atoms with Crippen LogP contribution in [0.1, 0.15) is 47.4 Å². The van der Waals surface area contributed by atoms with Gasteiger partial charge in [-0.1, -0.05) is 37.0 Å². The molecule has 0 radical (unpaired) electrons. The Balaban J connectivity index is 2.19. The maximum Gasteiger partial charge on any atom is 0.257 e. The molecule has 0 aliphatic heterocycles. The van der Waals surface area contributed by atoms with Crippen molar-refractivity contribution in [3.63, 3.8) is 0 Å². The van der Waals surface area contributed by atoms with Crippen molar-refractivity contribution in [2.45, 2.75) is 26.7 Å².